The zero-order valence-corrected chi connectivity index (χ0v) is 14.6. The van der Waals surface area contributed by atoms with Crippen LogP contribution < -0.4 is 16.2 Å². The topological polar surface area (TPSA) is 104 Å². The highest BCUT2D eigenvalue weighted by atomic mass is 35.5. The van der Waals surface area contributed by atoms with E-state index in [0.717, 1.165) is 31.5 Å². The molecule has 0 aliphatic carbocycles. The lowest BCUT2D eigenvalue weighted by atomic mass is 9.91. The first-order valence-electron chi connectivity index (χ1n) is 8.22. The number of aromatic nitrogens is 4. The molecule has 1 aromatic carbocycles. The molecule has 3 aliphatic heterocycles. The lowest BCUT2D eigenvalue weighted by molar-refractivity contribution is 0.361. The minimum absolute atomic E-state index is 0.168. The molecule has 1 saturated heterocycles. The molecule has 130 valence electrons. The number of anilines is 1. The van der Waals surface area contributed by atoms with Crippen LogP contribution in [-0.4, -0.2) is 38.8 Å². The number of nitrogens with one attached hydrogen (secondary N) is 2. The Morgan fingerprint density at radius 3 is 2.64 bits per heavy atom. The predicted molar refractivity (Wildman–Crippen MR) is 98.1 cm³/mol. The van der Waals surface area contributed by atoms with Gasteiger partial charge in [0.2, 0.25) is 5.95 Å². The van der Waals surface area contributed by atoms with E-state index in [1.165, 1.54) is 0 Å². The average Bonchev–Trinajstić information content (AvgIpc) is 2.99. The third kappa shape index (κ3) is 2.89. The van der Waals surface area contributed by atoms with Crippen molar-refractivity contribution in [3.05, 3.63) is 39.6 Å². The number of benzene rings is 1. The summed E-state index contributed by atoms with van der Waals surface area (Å²) >= 11 is 6.25. The predicted octanol–water partition coefficient (Wildman–Crippen LogP) is 2.24. The molecule has 7 nitrogen and oxygen atoms in total. The van der Waals surface area contributed by atoms with Gasteiger partial charge < -0.3 is 10.6 Å². The summed E-state index contributed by atoms with van der Waals surface area (Å²) in [5.74, 6) is 0.917. The SMILES string of the molecule is CC1(N)CCN(c2nc3[nH][nH]c(-c4ccccc4Cl)c-3c(=O)n2)CC1. The second-order valence-electron chi connectivity index (χ2n) is 6.80. The van der Waals surface area contributed by atoms with E-state index in [0.29, 0.717) is 28.1 Å². The largest absolute Gasteiger partial charge is 0.341 e. The number of nitrogens with zero attached hydrogens (tertiary/aromatic N) is 3. The van der Waals surface area contributed by atoms with Gasteiger partial charge in [-0.2, -0.15) is 9.97 Å². The minimum Gasteiger partial charge on any atom is -0.341 e. The van der Waals surface area contributed by atoms with Crippen LogP contribution in [0.5, 0.6) is 0 Å². The maximum Gasteiger partial charge on any atom is 0.286 e. The molecule has 0 unspecified atom stereocenters. The Hall–Kier alpha value is -2.38. The monoisotopic (exact) mass is 358 g/mol. The Bertz CT molecular complexity index is 936. The molecule has 1 aromatic rings. The fourth-order valence-electron chi connectivity index (χ4n) is 3.15. The highest BCUT2D eigenvalue weighted by molar-refractivity contribution is 6.33. The van der Waals surface area contributed by atoms with Gasteiger partial charge in [-0.25, -0.2) is 0 Å². The van der Waals surface area contributed by atoms with Crippen LogP contribution in [0.2, 0.25) is 5.02 Å². The number of aromatic amines is 2. The van der Waals surface area contributed by atoms with E-state index in [1.54, 1.807) is 6.07 Å². The summed E-state index contributed by atoms with van der Waals surface area (Å²) in [5, 5.41) is 6.53. The number of H-pyrrole nitrogens is 2. The number of piperidine rings is 1. The van der Waals surface area contributed by atoms with Gasteiger partial charge in [-0.05, 0) is 25.8 Å². The summed E-state index contributed by atoms with van der Waals surface area (Å²) < 4.78 is 0. The van der Waals surface area contributed by atoms with E-state index >= 15 is 0 Å². The Labute approximate surface area is 149 Å². The smallest absolute Gasteiger partial charge is 0.286 e. The molecule has 3 aliphatic rings. The number of halogens is 1. The van der Waals surface area contributed by atoms with Gasteiger partial charge in [0.15, 0.2) is 5.82 Å². The normalized spacial score (nSPS) is 17.2. The van der Waals surface area contributed by atoms with Gasteiger partial charge in [0.25, 0.3) is 5.56 Å². The lowest BCUT2D eigenvalue weighted by Crippen LogP contribution is -2.49. The fraction of sp³-hybridized carbons (Fsp3) is 0.353. The zero-order chi connectivity index (χ0) is 17.6. The van der Waals surface area contributed by atoms with Crippen LogP contribution in [0.15, 0.2) is 29.1 Å². The van der Waals surface area contributed by atoms with Crippen LogP contribution >= 0.6 is 11.6 Å². The maximum absolute atomic E-state index is 12.7. The second-order valence-corrected chi connectivity index (χ2v) is 7.21. The molecule has 0 radical (unpaired) electrons. The van der Waals surface area contributed by atoms with Crippen LogP contribution in [0.25, 0.3) is 22.6 Å². The molecule has 4 rings (SSSR count). The first kappa shape index (κ1) is 16.1. The van der Waals surface area contributed by atoms with Gasteiger partial charge in [0.1, 0.15) is 5.56 Å². The molecule has 0 amide bonds. The standard InChI is InChI=1S/C17H19ClN6O/c1-17(19)6-8-24(9-7-17)16-20-14-12(15(25)21-16)13(22-23-14)10-4-2-3-5-11(10)18/h2-5H,6-9,19H2,1H3,(H2,20,21,22,23,25). The summed E-state index contributed by atoms with van der Waals surface area (Å²) in [7, 11) is 0. The number of hydrogen-bond acceptors (Lipinski definition) is 5. The second kappa shape index (κ2) is 5.86. The summed E-state index contributed by atoms with van der Waals surface area (Å²) in [6, 6.07) is 7.34. The molecule has 0 saturated carbocycles. The van der Waals surface area contributed by atoms with Gasteiger partial charge in [-0.15, -0.1) is 0 Å². The van der Waals surface area contributed by atoms with Crippen LogP contribution in [0.4, 0.5) is 5.95 Å². The van der Waals surface area contributed by atoms with Crippen molar-refractivity contribution in [1.82, 2.24) is 20.2 Å². The molecular formula is C17H19ClN6O. The van der Waals surface area contributed by atoms with Crippen LogP contribution in [0, 0.1) is 0 Å². The minimum atomic E-state index is -0.325. The average molecular weight is 359 g/mol. The Kier molecular flexibility index (Phi) is 3.77. The number of nitrogens with two attached hydrogens (primary N) is 1. The molecular weight excluding hydrogens is 340 g/mol. The summed E-state index contributed by atoms with van der Waals surface area (Å²) in [6.07, 6.45) is 1.68. The molecule has 0 bridgehead atoms. The molecule has 3 heterocycles. The third-order valence-corrected chi connectivity index (χ3v) is 5.08. The lowest BCUT2D eigenvalue weighted by Gasteiger charge is -2.36. The van der Waals surface area contributed by atoms with E-state index in [9.17, 15) is 4.79 Å². The van der Waals surface area contributed by atoms with Crippen molar-refractivity contribution in [3.63, 3.8) is 0 Å². The van der Waals surface area contributed by atoms with Crippen molar-refractivity contribution in [3.8, 4) is 22.6 Å². The van der Waals surface area contributed by atoms with Crippen LogP contribution in [-0.2, 0) is 0 Å². The summed E-state index contributed by atoms with van der Waals surface area (Å²) in [5.41, 5.74) is 7.43. The van der Waals surface area contributed by atoms with Crippen molar-refractivity contribution < 1.29 is 0 Å². The first-order valence-corrected chi connectivity index (χ1v) is 8.59. The Morgan fingerprint density at radius 2 is 1.92 bits per heavy atom. The van der Waals surface area contributed by atoms with Crippen molar-refractivity contribution >= 4 is 17.5 Å². The summed E-state index contributed by atoms with van der Waals surface area (Å²) in [4.78, 5) is 23.4. The highest BCUT2D eigenvalue weighted by Gasteiger charge is 2.29. The van der Waals surface area contributed by atoms with Crippen LogP contribution in [0.1, 0.15) is 19.8 Å². The number of rotatable bonds is 2. The van der Waals surface area contributed by atoms with Crippen LogP contribution in [0.3, 0.4) is 0 Å². The molecule has 8 heteroatoms. The van der Waals surface area contributed by atoms with Crippen molar-refractivity contribution in [2.75, 3.05) is 18.0 Å². The number of fused-ring (bicyclic) bond motifs is 1. The van der Waals surface area contributed by atoms with E-state index in [4.69, 9.17) is 17.3 Å². The fourth-order valence-corrected chi connectivity index (χ4v) is 3.38. The van der Waals surface area contributed by atoms with E-state index < -0.39 is 0 Å². The van der Waals surface area contributed by atoms with Gasteiger partial charge in [0, 0.05) is 29.2 Å². The first-order chi connectivity index (χ1) is 11.9. The van der Waals surface area contributed by atoms with Crippen molar-refractivity contribution in [1.29, 1.82) is 0 Å². The van der Waals surface area contributed by atoms with Gasteiger partial charge in [-0.1, -0.05) is 29.8 Å². The molecule has 1 fully saturated rings. The quantitative estimate of drug-likeness (QED) is 0.651. The van der Waals surface area contributed by atoms with Gasteiger partial charge in [0.05, 0.1) is 5.69 Å². The van der Waals surface area contributed by atoms with Crippen molar-refractivity contribution in [2.24, 2.45) is 5.73 Å². The Balaban J connectivity index is 1.74. The molecule has 4 N–H and O–H groups in total. The molecule has 0 atom stereocenters. The van der Waals surface area contributed by atoms with E-state index in [2.05, 4.69) is 20.2 Å². The van der Waals surface area contributed by atoms with E-state index in [-0.39, 0.29) is 11.1 Å². The van der Waals surface area contributed by atoms with Gasteiger partial charge >= 0.3 is 0 Å². The summed E-state index contributed by atoms with van der Waals surface area (Å²) in [6.45, 7) is 3.52. The highest BCUT2D eigenvalue weighted by Crippen LogP contribution is 2.33. The molecule has 0 spiro atoms. The van der Waals surface area contributed by atoms with Gasteiger partial charge in [-0.3, -0.25) is 15.0 Å². The maximum atomic E-state index is 12.7. The molecule has 25 heavy (non-hydrogen) atoms. The zero-order valence-electron chi connectivity index (χ0n) is 13.8. The Morgan fingerprint density at radius 1 is 1.20 bits per heavy atom. The third-order valence-electron chi connectivity index (χ3n) is 4.75. The molecule has 0 aromatic heterocycles. The van der Waals surface area contributed by atoms with E-state index in [1.807, 2.05) is 30.0 Å². The van der Waals surface area contributed by atoms with Crippen molar-refractivity contribution in [2.45, 2.75) is 25.3 Å². The number of hydrogen-bond donors (Lipinski definition) is 3.